The van der Waals surface area contributed by atoms with Crippen molar-refractivity contribution in [2.24, 2.45) is 10.8 Å². The number of hydrogen-bond acceptors (Lipinski definition) is 2. The fourth-order valence-corrected chi connectivity index (χ4v) is 2.53. The second-order valence-electron chi connectivity index (χ2n) is 5.32. The molecule has 14 heavy (non-hydrogen) atoms. The van der Waals surface area contributed by atoms with Gasteiger partial charge in [-0.05, 0) is 18.3 Å². The molecule has 1 aliphatic carbocycles. The van der Waals surface area contributed by atoms with E-state index in [-0.39, 0.29) is 17.0 Å². The first kappa shape index (κ1) is 11.2. The molecule has 0 spiro atoms. The molecule has 0 aliphatic heterocycles. The second kappa shape index (κ2) is 3.34. The summed E-state index contributed by atoms with van der Waals surface area (Å²) >= 11 is 0. The lowest BCUT2D eigenvalue weighted by atomic mass is 9.62. The summed E-state index contributed by atoms with van der Waals surface area (Å²) in [6, 6.07) is 0. The summed E-state index contributed by atoms with van der Waals surface area (Å²) < 4.78 is 0. The van der Waals surface area contributed by atoms with Crippen LogP contribution in [0.5, 0.6) is 0 Å². The van der Waals surface area contributed by atoms with Crippen molar-refractivity contribution in [3.8, 4) is 0 Å². The number of rotatable bonds is 2. The molecule has 1 saturated carbocycles. The van der Waals surface area contributed by atoms with Crippen LogP contribution in [0.1, 0.15) is 40.0 Å². The van der Waals surface area contributed by atoms with Crippen LogP contribution < -0.4 is 0 Å². The predicted molar refractivity (Wildman–Crippen MR) is 56.0 cm³/mol. The Hall–Kier alpha value is -0.920. The molecule has 1 atom stereocenters. The smallest absolute Gasteiger partial charge is 0.204 e. The summed E-state index contributed by atoms with van der Waals surface area (Å²) in [5, 5.41) is 0. The van der Waals surface area contributed by atoms with Crippen LogP contribution in [0.2, 0.25) is 0 Å². The Morgan fingerprint density at radius 2 is 1.93 bits per heavy atom. The van der Waals surface area contributed by atoms with Crippen LogP contribution in [0.4, 0.5) is 0 Å². The van der Waals surface area contributed by atoms with Gasteiger partial charge in [0.2, 0.25) is 5.78 Å². The third kappa shape index (κ3) is 1.94. The van der Waals surface area contributed by atoms with Crippen molar-refractivity contribution in [2.75, 3.05) is 0 Å². The third-order valence-electron chi connectivity index (χ3n) is 2.90. The van der Waals surface area contributed by atoms with Gasteiger partial charge in [0.05, 0.1) is 0 Å². The number of hydrogen-bond donors (Lipinski definition) is 0. The van der Waals surface area contributed by atoms with Gasteiger partial charge in [0, 0.05) is 11.8 Å². The minimum Gasteiger partial charge on any atom is -0.291 e. The Kier molecular flexibility index (Phi) is 2.66. The largest absolute Gasteiger partial charge is 0.291 e. The fraction of sp³-hybridized carbons (Fsp3) is 0.667. The molecular weight excluding hydrogens is 176 g/mol. The first-order chi connectivity index (χ1) is 6.31. The Bertz CT molecular complexity index is 289. The maximum atomic E-state index is 11.7. The predicted octanol–water partition coefficient (Wildman–Crippen LogP) is 2.53. The average Bonchev–Trinajstić information content (AvgIpc) is 1.98. The molecule has 0 radical (unpaired) electrons. The van der Waals surface area contributed by atoms with E-state index in [1.54, 1.807) is 6.08 Å². The molecule has 1 unspecified atom stereocenters. The fourth-order valence-electron chi connectivity index (χ4n) is 2.53. The molecule has 0 aromatic carbocycles. The Morgan fingerprint density at radius 1 is 1.36 bits per heavy atom. The van der Waals surface area contributed by atoms with Gasteiger partial charge in [-0.25, -0.2) is 0 Å². The van der Waals surface area contributed by atoms with E-state index in [9.17, 15) is 9.59 Å². The highest BCUT2D eigenvalue weighted by Gasteiger charge is 2.46. The van der Waals surface area contributed by atoms with Crippen molar-refractivity contribution in [3.63, 3.8) is 0 Å². The van der Waals surface area contributed by atoms with Crippen LogP contribution in [0, 0.1) is 10.8 Å². The molecule has 0 bridgehead atoms. The number of allylic oxidation sites excluding steroid dienone is 1. The van der Waals surface area contributed by atoms with Crippen molar-refractivity contribution >= 4 is 11.6 Å². The van der Waals surface area contributed by atoms with Crippen molar-refractivity contribution in [3.05, 3.63) is 12.7 Å². The van der Waals surface area contributed by atoms with Gasteiger partial charge in [-0.1, -0.05) is 26.8 Å². The molecule has 2 heteroatoms. The zero-order valence-corrected chi connectivity index (χ0v) is 9.22. The quantitative estimate of drug-likeness (QED) is 0.500. The van der Waals surface area contributed by atoms with Crippen LogP contribution >= 0.6 is 0 Å². The lowest BCUT2D eigenvalue weighted by Gasteiger charge is -2.39. The van der Waals surface area contributed by atoms with Crippen LogP contribution in [0.3, 0.4) is 0 Å². The number of Topliss-reactive ketones (excluding diaryl/α,β-unsaturated/α-hetero) is 2. The van der Waals surface area contributed by atoms with Crippen molar-refractivity contribution in [1.29, 1.82) is 0 Å². The summed E-state index contributed by atoms with van der Waals surface area (Å²) in [6.07, 6.45) is 3.49. The minimum absolute atomic E-state index is 0.0528. The Labute approximate surface area is 85.4 Å². The maximum Gasteiger partial charge on any atom is 0.204 e. The van der Waals surface area contributed by atoms with Gasteiger partial charge in [-0.15, -0.1) is 6.58 Å². The van der Waals surface area contributed by atoms with E-state index < -0.39 is 5.41 Å². The molecule has 1 fully saturated rings. The van der Waals surface area contributed by atoms with E-state index in [0.717, 1.165) is 6.42 Å². The zero-order chi connectivity index (χ0) is 11.0. The molecular formula is C12H18O2. The topological polar surface area (TPSA) is 34.1 Å². The summed E-state index contributed by atoms with van der Waals surface area (Å²) in [7, 11) is 0. The van der Waals surface area contributed by atoms with Crippen LogP contribution in [-0.4, -0.2) is 11.6 Å². The lowest BCUT2D eigenvalue weighted by Crippen LogP contribution is -2.44. The van der Waals surface area contributed by atoms with Crippen molar-refractivity contribution < 1.29 is 9.59 Å². The Morgan fingerprint density at radius 3 is 2.43 bits per heavy atom. The molecule has 0 saturated heterocycles. The van der Waals surface area contributed by atoms with E-state index >= 15 is 0 Å². The SMILES string of the molecule is C=CCC1(C)CC(C)(C)CC(=O)C1=O. The zero-order valence-electron chi connectivity index (χ0n) is 9.22. The normalized spacial score (nSPS) is 31.6. The average molecular weight is 194 g/mol. The third-order valence-corrected chi connectivity index (χ3v) is 2.90. The molecule has 2 nitrogen and oxygen atoms in total. The van der Waals surface area contributed by atoms with Gasteiger partial charge in [-0.2, -0.15) is 0 Å². The van der Waals surface area contributed by atoms with Gasteiger partial charge in [0.1, 0.15) is 0 Å². The molecule has 0 N–H and O–H groups in total. The minimum atomic E-state index is -0.513. The van der Waals surface area contributed by atoms with Crippen molar-refractivity contribution in [2.45, 2.75) is 40.0 Å². The second-order valence-corrected chi connectivity index (χ2v) is 5.32. The van der Waals surface area contributed by atoms with Crippen LogP contribution in [-0.2, 0) is 9.59 Å². The monoisotopic (exact) mass is 194 g/mol. The molecule has 78 valence electrons. The summed E-state index contributed by atoms with van der Waals surface area (Å²) in [5.41, 5.74) is -0.566. The highest BCUT2D eigenvalue weighted by molar-refractivity contribution is 6.39. The Balaban J connectivity index is 2.99. The summed E-state index contributed by atoms with van der Waals surface area (Å²) in [6.45, 7) is 9.60. The van der Waals surface area contributed by atoms with Crippen LogP contribution in [0.25, 0.3) is 0 Å². The first-order valence-corrected chi connectivity index (χ1v) is 4.99. The summed E-state index contributed by atoms with van der Waals surface area (Å²) in [4.78, 5) is 23.2. The molecule has 0 amide bonds. The van der Waals surface area contributed by atoms with E-state index in [2.05, 4.69) is 6.58 Å². The molecule has 0 aromatic rings. The molecule has 1 rings (SSSR count). The molecule has 1 aliphatic rings. The van der Waals surface area contributed by atoms with Gasteiger partial charge < -0.3 is 0 Å². The molecule has 0 heterocycles. The number of carbonyl (C=O) groups excluding carboxylic acids is 2. The molecule has 0 aromatic heterocycles. The van der Waals surface area contributed by atoms with Gasteiger partial charge >= 0.3 is 0 Å². The lowest BCUT2D eigenvalue weighted by molar-refractivity contribution is -0.148. The van der Waals surface area contributed by atoms with E-state index in [4.69, 9.17) is 0 Å². The van der Waals surface area contributed by atoms with E-state index in [1.807, 2.05) is 20.8 Å². The van der Waals surface area contributed by atoms with Crippen LogP contribution in [0.15, 0.2) is 12.7 Å². The first-order valence-electron chi connectivity index (χ1n) is 4.99. The van der Waals surface area contributed by atoms with Crippen molar-refractivity contribution in [1.82, 2.24) is 0 Å². The van der Waals surface area contributed by atoms with Gasteiger partial charge in [0.25, 0.3) is 0 Å². The highest BCUT2D eigenvalue weighted by Crippen LogP contribution is 2.44. The standard InChI is InChI=1S/C12H18O2/c1-5-6-12(4)8-11(2,3)7-9(13)10(12)14/h5H,1,6-8H2,2-4H3. The van der Waals surface area contributed by atoms with Gasteiger partial charge in [-0.3, -0.25) is 9.59 Å². The summed E-state index contributed by atoms with van der Waals surface area (Å²) in [5.74, 6) is -0.428. The van der Waals surface area contributed by atoms with Gasteiger partial charge in [0.15, 0.2) is 5.78 Å². The van der Waals surface area contributed by atoms with E-state index in [1.165, 1.54) is 0 Å². The van der Waals surface area contributed by atoms with E-state index in [0.29, 0.717) is 12.8 Å². The highest BCUT2D eigenvalue weighted by atomic mass is 16.2. The maximum absolute atomic E-state index is 11.7. The number of carbonyl (C=O) groups is 2. The number of ketones is 2.